The van der Waals surface area contributed by atoms with Crippen LogP contribution < -0.4 is 4.74 Å². The molecule has 0 atom stereocenters. The Kier molecular flexibility index (Phi) is 3.48. The molecule has 0 aliphatic rings. The van der Waals surface area contributed by atoms with Crippen LogP contribution in [-0.2, 0) is 6.16 Å². The predicted octanol–water partition coefficient (Wildman–Crippen LogP) is 1.49. The Morgan fingerprint density at radius 3 is 2.25 bits per heavy atom. The molecule has 0 bridgehead atoms. The van der Waals surface area contributed by atoms with Crippen molar-refractivity contribution in [3.63, 3.8) is 0 Å². The third kappa shape index (κ3) is 2.78. The van der Waals surface area contributed by atoms with Gasteiger partial charge in [-0.3, -0.25) is 0 Å². The lowest BCUT2D eigenvalue weighted by molar-refractivity contribution is 0.414. The average molecular weight is 186 g/mol. The summed E-state index contributed by atoms with van der Waals surface area (Å²) < 4.78 is 4.95. The number of hydrogen-bond acceptors (Lipinski definition) is 3. The van der Waals surface area contributed by atoms with Crippen LogP contribution in [0.3, 0.4) is 0 Å². The molecule has 3 nitrogen and oxygen atoms in total. The van der Waals surface area contributed by atoms with Crippen molar-refractivity contribution in [2.24, 2.45) is 0 Å². The fourth-order valence-electron chi connectivity index (χ4n) is 0.894. The van der Waals surface area contributed by atoms with Crippen molar-refractivity contribution in [1.29, 1.82) is 0 Å². The number of ether oxygens (including phenoxy) is 1. The van der Waals surface area contributed by atoms with Crippen molar-refractivity contribution >= 4 is 8.38 Å². The van der Waals surface area contributed by atoms with Gasteiger partial charge in [-0.1, -0.05) is 12.1 Å². The molecule has 0 heterocycles. The first-order valence-corrected chi connectivity index (χ1v) is 4.94. The highest BCUT2D eigenvalue weighted by Crippen LogP contribution is 2.29. The Balaban J connectivity index is 2.65. The first-order valence-electron chi connectivity index (χ1n) is 3.50. The molecule has 0 radical (unpaired) electrons. The van der Waals surface area contributed by atoms with Gasteiger partial charge in [0.15, 0.2) is 8.38 Å². The van der Waals surface area contributed by atoms with E-state index in [1.807, 2.05) is 12.1 Å². The second-order valence-corrected chi connectivity index (χ2v) is 3.44. The van der Waals surface area contributed by atoms with Gasteiger partial charge in [0.2, 0.25) is 0 Å². The molecule has 0 fully saturated rings. The Hall–Kier alpha value is -0.630. The number of methoxy groups -OCH3 is 1. The van der Waals surface area contributed by atoms with E-state index in [1.165, 1.54) is 0 Å². The molecule has 1 aromatic rings. The van der Waals surface area contributed by atoms with E-state index in [-0.39, 0.29) is 0 Å². The molecule has 12 heavy (non-hydrogen) atoms. The summed E-state index contributed by atoms with van der Waals surface area (Å²) in [5, 5.41) is 0. The SMILES string of the molecule is COc1ccc(CP(O)O)cc1. The van der Waals surface area contributed by atoms with Crippen LogP contribution in [0.1, 0.15) is 5.56 Å². The van der Waals surface area contributed by atoms with Gasteiger partial charge < -0.3 is 14.5 Å². The van der Waals surface area contributed by atoms with Crippen LogP contribution in [0.15, 0.2) is 24.3 Å². The van der Waals surface area contributed by atoms with Crippen molar-refractivity contribution in [1.82, 2.24) is 0 Å². The second kappa shape index (κ2) is 4.41. The van der Waals surface area contributed by atoms with Crippen LogP contribution in [-0.4, -0.2) is 16.9 Å². The fourth-order valence-corrected chi connectivity index (χ4v) is 1.43. The Labute approximate surface area is 72.5 Å². The molecule has 0 amide bonds. The normalized spacial score (nSPS) is 10.3. The monoisotopic (exact) mass is 186 g/mol. The molecule has 0 saturated heterocycles. The van der Waals surface area contributed by atoms with Crippen LogP contribution >= 0.6 is 8.38 Å². The second-order valence-electron chi connectivity index (χ2n) is 2.38. The minimum atomic E-state index is -1.83. The largest absolute Gasteiger partial charge is 0.497 e. The predicted molar refractivity (Wildman–Crippen MR) is 48.1 cm³/mol. The lowest BCUT2D eigenvalue weighted by Crippen LogP contribution is -1.85. The third-order valence-electron chi connectivity index (χ3n) is 1.48. The maximum absolute atomic E-state index is 8.72. The maximum atomic E-state index is 8.72. The van der Waals surface area contributed by atoms with Crippen LogP contribution in [0.25, 0.3) is 0 Å². The molecule has 2 N–H and O–H groups in total. The van der Waals surface area contributed by atoms with Crippen LogP contribution in [0.4, 0.5) is 0 Å². The number of rotatable bonds is 3. The quantitative estimate of drug-likeness (QED) is 0.703. The van der Waals surface area contributed by atoms with E-state index >= 15 is 0 Å². The van der Waals surface area contributed by atoms with Crippen molar-refractivity contribution in [2.45, 2.75) is 6.16 Å². The highest BCUT2D eigenvalue weighted by molar-refractivity contribution is 7.44. The molecule has 66 valence electrons. The summed E-state index contributed by atoms with van der Waals surface area (Å²) in [5.41, 5.74) is 0.909. The summed E-state index contributed by atoms with van der Waals surface area (Å²) in [6.07, 6.45) is 0.319. The highest BCUT2D eigenvalue weighted by atomic mass is 31.2. The van der Waals surface area contributed by atoms with Crippen LogP contribution in [0.2, 0.25) is 0 Å². The lowest BCUT2D eigenvalue weighted by Gasteiger charge is -2.03. The summed E-state index contributed by atoms with van der Waals surface area (Å²) in [6.45, 7) is 0. The van der Waals surface area contributed by atoms with Gasteiger partial charge in [-0.25, -0.2) is 0 Å². The van der Waals surface area contributed by atoms with E-state index in [2.05, 4.69) is 0 Å². The molecule has 1 rings (SSSR count). The van der Waals surface area contributed by atoms with Crippen molar-refractivity contribution in [3.05, 3.63) is 29.8 Å². The molecule has 0 aliphatic heterocycles. The van der Waals surface area contributed by atoms with Gasteiger partial charge in [0, 0.05) is 6.16 Å². The zero-order valence-electron chi connectivity index (χ0n) is 6.77. The number of hydrogen-bond donors (Lipinski definition) is 2. The highest BCUT2D eigenvalue weighted by Gasteiger charge is 2.00. The van der Waals surface area contributed by atoms with Gasteiger partial charge in [-0.05, 0) is 17.7 Å². The molecular formula is C8H11O3P. The van der Waals surface area contributed by atoms with Gasteiger partial charge in [-0.2, -0.15) is 0 Å². The zero-order chi connectivity index (χ0) is 8.97. The molecule has 1 aromatic carbocycles. The molecule has 0 saturated carbocycles. The lowest BCUT2D eigenvalue weighted by atomic mass is 10.2. The van der Waals surface area contributed by atoms with Gasteiger partial charge >= 0.3 is 0 Å². The summed E-state index contributed by atoms with van der Waals surface area (Å²) in [4.78, 5) is 17.4. The van der Waals surface area contributed by atoms with Gasteiger partial charge in [0.25, 0.3) is 0 Å². The average Bonchev–Trinajstić information content (AvgIpc) is 2.05. The summed E-state index contributed by atoms with van der Waals surface area (Å²) in [7, 11) is -0.234. The van der Waals surface area contributed by atoms with Crippen LogP contribution in [0.5, 0.6) is 5.75 Å². The van der Waals surface area contributed by atoms with Crippen LogP contribution in [0, 0.1) is 0 Å². The Morgan fingerprint density at radius 1 is 1.25 bits per heavy atom. The van der Waals surface area contributed by atoms with Crippen molar-refractivity contribution < 1.29 is 14.5 Å². The first kappa shape index (κ1) is 9.46. The van der Waals surface area contributed by atoms with Gasteiger partial charge in [0.1, 0.15) is 5.75 Å². The molecule has 0 aliphatic carbocycles. The smallest absolute Gasteiger partial charge is 0.169 e. The molecule has 0 spiro atoms. The van der Waals surface area contributed by atoms with E-state index in [4.69, 9.17) is 14.5 Å². The molecular weight excluding hydrogens is 175 g/mol. The van der Waals surface area contributed by atoms with E-state index in [0.29, 0.717) is 6.16 Å². The molecule has 0 aromatic heterocycles. The molecule has 0 unspecified atom stereocenters. The Morgan fingerprint density at radius 2 is 1.83 bits per heavy atom. The summed E-state index contributed by atoms with van der Waals surface area (Å²) in [6, 6.07) is 7.24. The van der Waals surface area contributed by atoms with E-state index in [0.717, 1.165) is 11.3 Å². The summed E-state index contributed by atoms with van der Waals surface area (Å²) >= 11 is 0. The first-order chi connectivity index (χ1) is 5.72. The Bertz CT molecular complexity index is 233. The van der Waals surface area contributed by atoms with E-state index in [9.17, 15) is 0 Å². The van der Waals surface area contributed by atoms with Gasteiger partial charge in [0.05, 0.1) is 7.11 Å². The third-order valence-corrected chi connectivity index (χ3v) is 2.13. The maximum Gasteiger partial charge on any atom is 0.169 e. The molecule has 4 heteroatoms. The number of benzene rings is 1. The van der Waals surface area contributed by atoms with Crippen molar-refractivity contribution in [2.75, 3.05) is 7.11 Å². The topological polar surface area (TPSA) is 49.7 Å². The minimum absolute atomic E-state index is 0.319. The zero-order valence-corrected chi connectivity index (χ0v) is 7.66. The van der Waals surface area contributed by atoms with E-state index in [1.54, 1.807) is 19.2 Å². The fraction of sp³-hybridized carbons (Fsp3) is 0.250. The van der Waals surface area contributed by atoms with Gasteiger partial charge in [-0.15, -0.1) is 0 Å². The summed E-state index contributed by atoms with van der Waals surface area (Å²) in [5.74, 6) is 0.777. The standard InChI is InChI=1S/C8H11O3P/c1-11-8-4-2-7(3-5-8)6-12(9)10/h2-5,9-10H,6H2,1H3. The van der Waals surface area contributed by atoms with E-state index < -0.39 is 8.38 Å². The van der Waals surface area contributed by atoms with Crippen molar-refractivity contribution in [3.8, 4) is 5.75 Å². The minimum Gasteiger partial charge on any atom is -0.497 e.